The molecule has 3 nitrogen and oxygen atoms in total. The van der Waals surface area contributed by atoms with Crippen LogP contribution < -0.4 is 5.32 Å². The zero-order valence-electron chi connectivity index (χ0n) is 13.4. The first kappa shape index (κ1) is 14.6. The Hall–Kier alpha value is -1.94. The molecular weight excluding hydrogens is 302 g/mol. The fourth-order valence-electron chi connectivity index (χ4n) is 3.30. The lowest BCUT2D eigenvalue weighted by atomic mass is 10.1. The van der Waals surface area contributed by atoms with Crippen molar-refractivity contribution in [2.24, 2.45) is 0 Å². The molecule has 2 aromatic heterocycles. The molecule has 0 aliphatic heterocycles. The molecule has 0 saturated carbocycles. The molecule has 0 spiro atoms. The predicted molar refractivity (Wildman–Crippen MR) is 97.5 cm³/mol. The SMILES string of the molecule is CCc1nc(NCCc2ccccc2)c2c3c(sc2n1)CCC3. The zero-order valence-corrected chi connectivity index (χ0v) is 14.2. The highest BCUT2D eigenvalue weighted by Gasteiger charge is 2.21. The third kappa shape index (κ3) is 2.83. The van der Waals surface area contributed by atoms with Gasteiger partial charge in [-0.1, -0.05) is 37.3 Å². The maximum Gasteiger partial charge on any atom is 0.138 e. The van der Waals surface area contributed by atoms with E-state index >= 15 is 0 Å². The van der Waals surface area contributed by atoms with E-state index in [9.17, 15) is 0 Å². The number of nitrogens with zero attached hydrogens (tertiary/aromatic N) is 2. The molecule has 0 amide bonds. The van der Waals surface area contributed by atoms with Gasteiger partial charge in [0.15, 0.2) is 0 Å². The van der Waals surface area contributed by atoms with Crippen LogP contribution in [0.15, 0.2) is 30.3 Å². The average Bonchev–Trinajstić information content (AvgIpc) is 3.16. The van der Waals surface area contributed by atoms with E-state index in [1.807, 2.05) is 11.3 Å². The number of nitrogens with one attached hydrogen (secondary N) is 1. The smallest absolute Gasteiger partial charge is 0.138 e. The lowest BCUT2D eigenvalue weighted by Gasteiger charge is -2.09. The van der Waals surface area contributed by atoms with Gasteiger partial charge in [0.05, 0.1) is 5.39 Å². The van der Waals surface area contributed by atoms with Crippen molar-refractivity contribution in [3.8, 4) is 0 Å². The summed E-state index contributed by atoms with van der Waals surface area (Å²) in [6.07, 6.45) is 5.56. The molecule has 23 heavy (non-hydrogen) atoms. The Bertz CT molecular complexity index is 823. The Morgan fingerprint density at radius 1 is 1.13 bits per heavy atom. The molecule has 0 fully saturated rings. The van der Waals surface area contributed by atoms with Crippen LogP contribution in [0.1, 0.15) is 35.2 Å². The zero-order chi connectivity index (χ0) is 15.6. The first-order valence-electron chi connectivity index (χ1n) is 8.44. The number of benzene rings is 1. The number of thiophene rings is 1. The first-order valence-corrected chi connectivity index (χ1v) is 9.25. The number of anilines is 1. The van der Waals surface area contributed by atoms with Crippen LogP contribution >= 0.6 is 11.3 Å². The van der Waals surface area contributed by atoms with Crippen LogP contribution in [0.2, 0.25) is 0 Å². The van der Waals surface area contributed by atoms with E-state index in [4.69, 9.17) is 9.97 Å². The lowest BCUT2D eigenvalue weighted by molar-refractivity contribution is 0.914. The van der Waals surface area contributed by atoms with E-state index in [1.54, 1.807) is 0 Å². The minimum atomic E-state index is 0.881. The number of fused-ring (bicyclic) bond motifs is 3. The van der Waals surface area contributed by atoms with Crippen molar-refractivity contribution in [3.63, 3.8) is 0 Å². The second-order valence-corrected chi connectivity index (χ2v) is 7.13. The summed E-state index contributed by atoms with van der Waals surface area (Å²) in [5.74, 6) is 1.99. The van der Waals surface area contributed by atoms with Gasteiger partial charge in [-0.05, 0) is 36.8 Å². The molecule has 4 heteroatoms. The Kier molecular flexibility index (Phi) is 4.00. The summed E-state index contributed by atoms with van der Waals surface area (Å²) >= 11 is 1.87. The molecular formula is C19H21N3S. The van der Waals surface area contributed by atoms with Crippen molar-refractivity contribution in [2.75, 3.05) is 11.9 Å². The van der Waals surface area contributed by atoms with Gasteiger partial charge in [0.1, 0.15) is 16.5 Å². The maximum absolute atomic E-state index is 4.78. The topological polar surface area (TPSA) is 37.8 Å². The second-order valence-electron chi connectivity index (χ2n) is 6.04. The Morgan fingerprint density at radius 2 is 2.00 bits per heavy atom. The molecule has 0 saturated heterocycles. The van der Waals surface area contributed by atoms with Crippen LogP contribution in [0.3, 0.4) is 0 Å². The highest BCUT2D eigenvalue weighted by molar-refractivity contribution is 7.19. The molecule has 1 aromatic carbocycles. The van der Waals surface area contributed by atoms with Crippen molar-refractivity contribution in [1.82, 2.24) is 9.97 Å². The Morgan fingerprint density at radius 3 is 2.83 bits per heavy atom. The van der Waals surface area contributed by atoms with Crippen molar-refractivity contribution in [3.05, 3.63) is 52.2 Å². The molecule has 4 rings (SSSR count). The predicted octanol–water partition coefficient (Wildman–Crippen LogP) is 4.40. The highest BCUT2D eigenvalue weighted by Crippen LogP contribution is 2.39. The third-order valence-corrected chi connectivity index (χ3v) is 5.66. The van der Waals surface area contributed by atoms with Gasteiger partial charge >= 0.3 is 0 Å². The highest BCUT2D eigenvalue weighted by atomic mass is 32.1. The molecule has 3 aromatic rings. The summed E-state index contributed by atoms with van der Waals surface area (Å²) in [6.45, 7) is 3.03. The van der Waals surface area contributed by atoms with Gasteiger partial charge in [-0.2, -0.15) is 0 Å². The maximum atomic E-state index is 4.78. The third-order valence-electron chi connectivity index (χ3n) is 4.48. The van der Waals surface area contributed by atoms with Crippen LogP contribution in [0.5, 0.6) is 0 Å². The molecule has 0 radical (unpaired) electrons. The van der Waals surface area contributed by atoms with Gasteiger partial charge in [-0.15, -0.1) is 11.3 Å². The summed E-state index contributed by atoms with van der Waals surface area (Å²) in [5, 5.41) is 4.87. The summed E-state index contributed by atoms with van der Waals surface area (Å²) in [5.41, 5.74) is 2.85. The second kappa shape index (κ2) is 6.28. The summed E-state index contributed by atoms with van der Waals surface area (Å²) in [4.78, 5) is 12.2. The largest absolute Gasteiger partial charge is 0.369 e. The summed E-state index contributed by atoms with van der Waals surface area (Å²) in [6, 6.07) is 10.6. The van der Waals surface area contributed by atoms with Gasteiger partial charge < -0.3 is 5.32 Å². The van der Waals surface area contributed by atoms with Crippen LogP contribution in [0, 0.1) is 0 Å². The fourth-order valence-corrected chi connectivity index (χ4v) is 4.58. The monoisotopic (exact) mass is 323 g/mol. The minimum absolute atomic E-state index is 0.881. The molecule has 0 atom stereocenters. The minimum Gasteiger partial charge on any atom is -0.369 e. The van der Waals surface area contributed by atoms with Crippen LogP contribution in [-0.4, -0.2) is 16.5 Å². The number of rotatable bonds is 5. The Balaban J connectivity index is 1.62. The molecule has 1 N–H and O–H groups in total. The number of aryl methyl sites for hydroxylation is 3. The van der Waals surface area contributed by atoms with Gasteiger partial charge in [-0.3, -0.25) is 0 Å². The van der Waals surface area contributed by atoms with Crippen LogP contribution in [0.25, 0.3) is 10.2 Å². The normalized spacial score (nSPS) is 13.4. The fraction of sp³-hybridized carbons (Fsp3) is 0.368. The standard InChI is InChI=1S/C19H21N3S/c1-2-16-21-18(20-12-11-13-7-4-3-5-8-13)17-14-9-6-10-15(14)23-19(17)22-16/h3-5,7-8H,2,6,9-12H2,1H3,(H,20,21,22). The average molecular weight is 323 g/mol. The van der Waals surface area contributed by atoms with Crippen molar-refractivity contribution in [2.45, 2.75) is 39.0 Å². The first-order chi connectivity index (χ1) is 11.3. The van der Waals surface area contributed by atoms with Crippen molar-refractivity contribution >= 4 is 27.4 Å². The summed E-state index contributed by atoms with van der Waals surface area (Å²) < 4.78 is 0. The molecule has 0 unspecified atom stereocenters. The van der Waals surface area contributed by atoms with Gasteiger partial charge in [0.2, 0.25) is 0 Å². The quantitative estimate of drug-likeness (QED) is 0.756. The number of aromatic nitrogens is 2. The van der Waals surface area contributed by atoms with E-state index in [2.05, 4.69) is 42.6 Å². The van der Waals surface area contributed by atoms with Crippen molar-refractivity contribution < 1.29 is 0 Å². The number of hydrogen-bond acceptors (Lipinski definition) is 4. The molecule has 1 aliphatic carbocycles. The van der Waals surface area contributed by atoms with Gasteiger partial charge in [0.25, 0.3) is 0 Å². The molecule has 1 aliphatic rings. The number of hydrogen-bond donors (Lipinski definition) is 1. The van der Waals surface area contributed by atoms with E-state index in [-0.39, 0.29) is 0 Å². The Labute approximate surface area is 140 Å². The molecule has 118 valence electrons. The van der Waals surface area contributed by atoms with Gasteiger partial charge in [-0.25, -0.2) is 9.97 Å². The lowest BCUT2D eigenvalue weighted by Crippen LogP contribution is -2.08. The summed E-state index contributed by atoms with van der Waals surface area (Å²) in [7, 11) is 0. The van der Waals surface area contributed by atoms with Gasteiger partial charge in [0, 0.05) is 17.8 Å². The van der Waals surface area contributed by atoms with E-state index in [0.717, 1.165) is 31.0 Å². The molecule has 0 bridgehead atoms. The van der Waals surface area contributed by atoms with E-state index < -0.39 is 0 Å². The van der Waals surface area contributed by atoms with E-state index in [1.165, 1.54) is 45.5 Å². The molecule has 2 heterocycles. The van der Waals surface area contributed by atoms with Crippen LogP contribution in [0.4, 0.5) is 5.82 Å². The van der Waals surface area contributed by atoms with Crippen LogP contribution in [-0.2, 0) is 25.7 Å². The van der Waals surface area contributed by atoms with Crippen molar-refractivity contribution in [1.29, 1.82) is 0 Å². The van der Waals surface area contributed by atoms with E-state index in [0.29, 0.717) is 0 Å².